The number of nitrogens with zero attached hydrogens (tertiary/aromatic N) is 1. The lowest BCUT2D eigenvalue weighted by molar-refractivity contribution is 0.589. The maximum atomic E-state index is 3.43. The molecule has 2 rings (SSSR count). The minimum absolute atomic E-state index is 0.518. The molecule has 0 unspecified atom stereocenters. The van der Waals surface area contributed by atoms with Crippen LogP contribution in [0.2, 0.25) is 0 Å². The van der Waals surface area contributed by atoms with E-state index < -0.39 is 0 Å². The van der Waals surface area contributed by atoms with Crippen LogP contribution in [0.25, 0.3) is 0 Å². The number of anilines is 2. The summed E-state index contributed by atoms with van der Waals surface area (Å²) in [5.41, 5.74) is 5.03. The Balaban J connectivity index is 2.07. The fraction of sp³-hybridized carbons (Fsp3) is 0.333. The highest BCUT2D eigenvalue weighted by Crippen LogP contribution is 2.23. The molecule has 0 fully saturated rings. The molecule has 106 valence electrons. The molecule has 2 nitrogen and oxygen atoms in total. The van der Waals surface area contributed by atoms with Gasteiger partial charge in [-0.25, -0.2) is 0 Å². The summed E-state index contributed by atoms with van der Waals surface area (Å²) in [4.78, 5) is 2.21. The predicted molar refractivity (Wildman–Crippen MR) is 87.7 cm³/mol. The zero-order valence-corrected chi connectivity index (χ0v) is 12.9. The zero-order valence-electron chi connectivity index (χ0n) is 12.9. The largest absolute Gasteiger partial charge is 0.345 e. The highest BCUT2D eigenvalue weighted by atomic mass is 15.1. The van der Waals surface area contributed by atoms with Crippen molar-refractivity contribution in [1.82, 2.24) is 5.32 Å². The van der Waals surface area contributed by atoms with Crippen LogP contribution in [0.4, 0.5) is 11.4 Å². The van der Waals surface area contributed by atoms with E-state index in [2.05, 4.69) is 86.6 Å². The summed E-state index contributed by atoms with van der Waals surface area (Å²) in [6.07, 6.45) is 0. The van der Waals surface area contributed by atoms with Crippen LogP contribution in [0, 0.1) is 6.92 Å². The van der Waals surface area contributed by atoms with Crippen molar-refractivity contribution in [1.29, 1.82) is 0 Å². The lowest BCUT2D eigenvalue weighted by atomic mass is 10.1. The average molecular weight is 268 g/mol. The number of benzene rings is 2. The first-order valence-electron chi connectivity index (χ1n) is 7.19. The van der Waals surface area contributed by atoms with Crippen LogP contribution in [0.3, 0.4) is 0 Å². The smallest absolute Gasteiger partial charge is 0.0408 e. The molecule has 0 aliphatic rings. The monoisotopic (exact) mass is 268 g/mol. The van der Waals surface area contributed by atoms with Gasteiger partial charge in [0.2, 0.25) is 0 Å². The van der Waals surface area contributed by atoms with Crippen molar-refractivity contribution in [3.63, 3.8) is 0 Å². The summed E-state index contributed by atoms with van der Waals surface area (Å²) in [7, 11) is 2.10. The average Bonchev–Trinajstić information content (AvgIpc) is 2.46. The van der Waals surface area contributed by atoms with Gasteiger partial charge < -0.3 is 10.2 Å². The van der Waals surface area contributed by atoms with Crippen molar-refractivity contribution in [3.05, 3.63) is 59.7 Å². The minimum Gasteiger partial charge on any atom is -0.345 e. The molecule has 0 bridgehead atoms. The summed E-state index contributed by atoms with van der Waals surface area (Å²) in [6, 6.07) is 17.9. The normalized spacial score (nSPS) is 10.8. The van der Waals surface area contributed by atoms with Crippen LogP contribution < -0.4 is 10.2 Å². The second-order valence-electron chi connectivity index (χ2n) is 5.60. The zero-order chi connectivity index (χ0) is 14.5. The summed E-state index contributed by atoms with van der Waals surface area (Å²) >= 11 is 0. The van der Waals surface area contributed by atoms with E-state index in [4.69, 9.17) is 0 Å². The number of hydrogen-bond acceptors (Lipinski definition) is 2. The summed E-state index contributed by atoms with van der Waals surface area (Å²) in [5, 5.41) is 3.43. The lowest BCUT2D eigenvalue weighted by Crippen LogP contribution is -2.21. The second kappa shape index (κ2) is 6.58. The van der Waals surface area contributed by atoms with Crippen molar-refractivity contribution in [2.75, 3.05) is 11.9 Å². The molecule has 0 saturated heterocycles. The van der Waals surface area contributed by atoms with Crippen LogP contribution in [0.1, 0.15) is 25.0 Å². The Kier molecular flexibility index (Phi) is 4.80. The van der Waals surface area contributed by atoms with Gasteiger partial charge in [0.25, 0.3) is 0 Å². The van der Waals surface area contributed by atoms with Gasteiger partial charge in [0.1, 0.15) is 0 Å². The maximum Gasteiger partial charge on any atom is 0.0408 e. The standard InChI is InChI=1S/C18H24N2/c1-14(2)19-13-16-7-11-18(12-8-16)20(4)17-9-5-15(3)6-10-17/h5-12,14,19H,13H2,1-4H3. The van der Waals surface area contributed by atoms with E-state index in [1.54, 1.807) is 0 Å². The van der Waals surface area contributed by atoms with Gasteiger partial charge in [-0.2, -0.15) is 0 Å². The third-order valence-corrected chi connectivity index (χ3v) is 3.46. The Morgan fingerprint density at radius 1 is 0.900 bits per heavy atom. The molecule has 0 spiro atoms. The number of nitrogens with one attached hydrogen (secondary N) is 1. The maximum absolute atomic E-state index is 3.43. The Morgan fingerprint density at radius 3 is 1.90 bits per heavy atom. The van der Waals surface area contributed by atoms with Gasteiger partial charge in [-0.15, -0.1) is 0 Å². The van der Waals surface area contributed by atoms with E-state index in [-0.39, 0.29) is 0 Å². The topological polar surface area (TPSA) is 15.3 Å². The molecule has 2 aromatic rings. The van der Waals surface area contributed by atoms with Gasteiger partial charge >= 0.3 is 0 Å². The van der Waals surface area contributed by atoms with Gasteiger partial charge in [-0.1, -0.05) is 43.7 Å². The fourth-order valence-corrected chi connectivity index (χ4v) is 2.08. The molecule has 0 heterocycles. The number of aryl methyl sites for hydroxylation is 1. The highest BCUT2D eigenvalue weighted by molar-refractivity contribution is 5.62. The molecule has 0 aromatic heterocycles. The molecule has 0 atom stereocenters. The molecule has 0 saturated carbocycles. The molecule has 2 aromatic carbocycles. The Hall–Kier alpha value is -1.80. The molecular weight excluding hydrogens is 244 g/mol. The van der Waals surface area contributed by atoms with Gasteiger partial charge in [0.15, 0.2) is 0 Å². The summed E-state index contributed by atoms with van der Waals surface area (Å²) in [5.74, 6) is 0. The van der Waals surface area contributed by atoms with Gasteiger partial charge in [-0.3, -0.25) is 0 Å². The minimum atomic E-state index is 0.518. The van der Waals surface area contributed by atoms with Crippen LogP contribution in [-0.2, 0) is 6.54 Å². The lowest BCUT2D eigenvalue weighted by Gasteiger charge is -2.20. The highest BCUT2D eigenvalue weighted by Gasteiger charge is 2.03. The van der Waals surface area contributed by atoms with Crippen molar-refractivity contribution >= 4 is 11.4 Å². The first kappa shape index (κ1) is 14.6. The van der Waals surface area contributed by atoms with Crippen molar-refractivity contribution in [2.45, 2.75) is 33.4 Å². The van der Waals surface area contributed by atoms with Crippen LogP contribution in [0.5, 0.6) is 0 Å². The molecular formula is C18H24N2. The van der Waals surface area contributed by atoms with Gasteiger partial charge in [-0.05, 0) is 36.8 Å². The van der Waals surface area contributed by atoms with Crippen molar-refractivity contribution in [2.24, 2.45) is 0 Å². The summed E-state index contributed by atoms with van der Waals surface area (Å²) < 4.78 is 0. The summed E-state index contributed by atoms with van der Waals surface area (Å²) in [6.45, 7) is 7.37. The fourth-order valence-electron chi connectivity index (χ4n) is 2.08. The first-order valence-corrected chi connectivity index (χ1v) is 7.19. The molecule has 0 aliphatic carbocycles. The number of hydrogen-bond donors (Lipinski definition) is 1. The van der Waals surface area contributed by atoms with Crippen LogP contribution >= 0.6 is 0 Å². The van der Waals surface area contributed by atoms with Crippen LogP contribution in [0.15, 0.2) is 48.5 Å². The SMILES string of the molecule is Cc1ccc(N(C)c2ccc(CNC(C)C)cc2)cc1. The molecule has 1 N–H and O–H groups in total. The van der Waals surface area contributed by atoms with Crippen molar-refractivity contribution in [3.8, 4) is 0 Å². The van der Waals surface area contributed by atoms with E-state index >= 15 is 0 Å². The van der Waals surface area contributed by atoms with Crippen LogP contribution in [-0.4, -0.2) is 13.1 Å². The third-order valence-electron chi connectivity index (χ3n) is 3.46. The Morgan fingerprint density at radius 2 is 1.40 bits per heavy atom. The van der Waals surface area contributed by atoms with Gasteiger partial charge in [0, 0.05) is 31.0 Å². The van der Waals surface area contributed by atoms with E-state index in [9.17, 15) is 0 Å². The van der Waals surface area contributed by atoms with E-state index in [0.29, 0.717) is 6.04 Å². The first-order chi connectivity index (χ1) is 9.56. The predicted octanol–water partition coefficient (Wildman–Crippen LogP) is 4.26. The third kappa shape index (κ3) is 3.84. The van der Waals surface area contributed by atoms with E-state index in [1.165, 1.54) is 22.5 Å². The molecule has 20 heavy (non-hydrogen) atoms. The van der Waals surface area contributed by atoms with E-state index in [0.717, 1.165) is 6.54 Å². The Labute approximate surface area is 122 Å². The molecule has 0 radical (unpaired) electrons. The quantitative estimate of drug-likeness (QED) is 0.871. The molecule has 0 aliphatic heterocycles. The van der Waals surface area contributed by atoms with E-state index in [1.807, 2.05) is 0 Å². The second-order valence-corrected chi connectivity index (χ2v) is 5.60. The van der Waals surface area contributed by atoms with Crippen molar-refractivity contribution < 1.29 is 0 Å². The Bertz CT molecular complexity index is 526. The molecule has 2 heteroatoms. The van der Waals surface area contributed by atoms with Gasteiger partial charge in [0.05, 0.1) is 0 Å². The number of rotatable bonds is 5. The molecule has 0 amide bonds.